The summed E-state index contributed by atoms with van der Waals surface area (Å²) in [5, 5.41) is 10.0. The van der Waals surface area contributed by atoms with Gasteiger partial charge in [-0.25, -0.2) is 9.67 Å². The lowest BCUT2D eigenvalue weighted by Crippen LogP contribution is -2.23. The predicted octanol–water partition coefficient (Wildman–Crippen LogP) is 4.21. The SMILES string of the molecule is CNC(=O)c1cc(I)cc(C)c1NC(=O)c1cc(Br)nn1-c1ncccc1Cl. The number of aryl methyl sites for hydroxylation is 1. The first-order valence-electron chi connectivity index (χ1n) is 8.02. The summed E-state index contributed by atoms with van der Waals surface area (Å²) in [6.07, 6.45) is 1.56. The van der Waals surface area contributed by atoms with Crippen LogP contribution < -0.4 is 10.6 Å². The number of carbonyl (C=O) groups is 2. The van der Waals surface area contributed by atoms with Crippen molar-refractivity contribution in [2.45, 2.75) is 6.92 Å². The Kier molecular flexibility index (Phi) is 6.36. The molecule has 2 N–H and O–H groups in total. The minimum Gasteiger partial charge on any atom is -0.355 e. The molecule has 0 unspecified atom stereocenters. The van der Waals surface area contributed by atoms with Crippen molar-refractivity contribution in [3.05, 3.63) is 66.5 Å². The van der Waals surface area contributed by atoms with Gasteiger partial charge in [0, 0.05) is 22.9 Å². The molecule has 0 saturated heterocycles. The molecular formula is C18H14BrClIN5O2. The summed E-state index contributed by atoms with van der Waals surface area (Å²) in [7, 11) is 1.54. The molecular weight excluding hydrogens is 560 g/mol. The number of rotatable bonds is 4. The lowest BCUT2D eigenvalue weighted by Gasteiger charge is -2.14. The lowest BCUT2D eigenvalue weighted by atomic mass is 10.1. The summed E-state index contributed by atoms with van der Waals surface area (Å²) in [5.41, 5.74) is 1.79. The van der Waals surface area contributed by atoms with E-state index < -0.39 is 5.91 Å². The number of pyridine rings is 1. The number of amides is 2. The summed E-state index contributed by atoms with van der Waals surface area (Å²) >= 11 is 11.6. The molecule has 0 bridgehead atoms. The zero-order chi connectivity index (χ0) is 20.4. The summed E-state index contributed by atoms with van der Waals surface area (Å²) in [5.74, 6) is -0.417. The van der Waals surface area contributed by atoms with Crippen LogP contribution in [0.15, 0.2) is 41.1 Å². The van der Waals surface area contributed by atoms with E-state index in [4.69, 9.17) is 11.6 Å². The van der Waals surface area contributed by atoms with E-state index in [1.165, 1.54) is 4.68 Å². The smallest absolute Gasteiger partial charge is 0.274 e. The van der Waals surface area contributed by atoms with Crippen molar-refractivity contribution in [1.29, 1.82) is 0 Å². The van der Waals surface area contributed by atoms with E-state index in [0.717, 1.165) is 9.13 Å². The average Bonchev–Trinajstić information content (AvgIpc) is 3.05. The highest BCUT2D eigenvalue weighted by atomic mass is 127. The second kappa shape index (κ2) is 8.58. The third kappa shape index (κ3) is 4.20. The van der Waals surface area contributed by atoms with Crippen LogP contribution in [-0.2, 0) is 0 Å². The maximum Gasteiger partial charge on any atom is 0.274 e. The Morgan fingerprint density at radius 2 is 2.00 bits per heavy atom. The molecule has 3 rings (SSSR count). The van der Waals surface area contributed by atoms with Crippen LogP contribution in [-0.4, -0.2) is 33.6 Å². The number of nitrogens with one attached hydrogen (secondary N) is 2. The van der Waals surface area contributed by atoms with Crippen molar-refractivity contribution in [1.82, 2.24) is 20.1 Å². The summed E-state index contributed by atoms with van der Waals surface area (Å²) < 4.78 is 2.69. The molecule has 0 fully saturated rings. The van der Waals surface area contributed by atoms with E-state index in [0.29, 0.717) is 26.7 Å². The Labute approximate surface area is 188 Å². The standard InChI is InChI=1S/C18H14BrClIN5O2/c1-9-6-10(21)7-11(17(27)22-2)15(9)24-18(28)13-8-14(19)25-26(13)16-12(20)4-3-5-23-16/h3-8H,1-2H3,(H,22,27)(H,24,28). The highest BCUT2D eigenvalue weighted by Crippen LogP contribution is 2.26. The third-order valence-corrected chi connectivity index (χ3v) is 5.17. The highest BCUT2D eigenvalue weighted by Gasteiger charge is 2.22. The number of benzene rings is 1. The molecule has 7 nitrogen and oxygen atoms in total. The monoisotopic (exact) mass is 573 g/mol. The van der Waals surface area contributed by atoms with E-state index in [9.17, 15) is 9.59 Å². The fraction of sp³-hybridized carbons (Fsp3) is 0.111. The Hall–Kier alpha value is -1.98. The van der Waals surface area contributed by atoms with Gasteiger partial charge in [-0.15, -0.1) is 0 Å². The van der Waals surface area contributed by atoms with Crippen molar-refractivity contribution in [2.75, 3.05) is 12.4 Å². The lowest BCUT2D eigenvalue weighted by molar-refractivity contribution is 0.0964. The van der Waals surface area contributed by atoms with Crippen LogP contribution in [0.1, 0.15) is 26.4 Å². The number of carbonyl (C=O) groups excluding carboxylic acids is 2. The fourth-order valence-electron chi connectivity index (χ4n) is 2.61. The van der Waals surface area contributed by atoms with Gasteiger partial charge in [-0.3, -0.25) is 9.59 Å². The van der Waals surface area contributed by atoms with Crippen LogP contribution in [0.25, 0.3) is 5.82 Å². The molecule has 2 aromatic heterocycles. The van der Waals surface area contributed by atoms with Gasteiger partial charge in [-0.05, 0) is 75.3 Å². The number of aromatic nitrogens is 3. The van der Waals surface area contributed by atoms with Crippen LogP contribution >= 0.6 is 50.1 Å². The number of anilines is 1. The molecule has 2 amide bonds. The topological polar surface area (TPSA) is 88.9 Å². The zero-order valence-corrected chi connectivity index (χ0v) is 19.3. The third-order valence-electron chi connectivity index (χ3n) is 3.86. The van der Waals surface area contributed by atoms with Crippen LogP contribution in [0.4, 0.5) is 5.69 Å². The van der Waals surface area contributed by atoms with E-state index >= 15 is 0 Å². The molecule has 0 atom stereocenters. The largest absolute Gasteiger partial charge is 0.355 e. The Balaban J connectivity index is 2.05. The van der Waals surface area contributed by atoms with Gasteiger partial charge >= 0.3 is 0 Å². The zero-order valence-electron chi connectivity index (χ0n) is 14.8. The molecule has 28 heavy (non-hydrogen) atoms. The van der Waals surface area contributed by atoms with Gasteiger partial charge in [0.05, 0.1) is 16.3 Å². The molecule has 1 aromatic carbocycles. The van der Waals surface area contributed by atoms with E-state index in [1.807, 2.05) is 13.0 Å². The van der Waals surface area contributed by atoms with E-state index in [2.05, 4.69) is 59.2 Å². The van der Waals surface area contributed by atoms with E-state index in [1.54, 1.807) is 37.5 Å². The van der Waals surface area contributed by atoms with Crippen LogP contribution in [0, 0.1) is 10.5 Å². The number of nitrogens with zero attached hydrogens (tertiary/aromatic N) is 3. The maximum absolute atomic E-state index is 13.0. The molecule has 144 valence electrons. The Bertz CT molecular complexity index is 1090. The number of hydrogen-bond acceptors (Lipinski definition) is 4. The quantitative estimate of drug-likeness (QED) is 0.457. The van der Waals surface area contributed by atoms with Crippen molar-refractivity contribution in [2.24, 2.45) is 0 Å². The van der Waals surface area contributed by atoms with Gasteiger partial charge < -0.3 is 10.6 Å². The van der Waals surface area contributed by atoms with Crippen LogP contribution in [0.3, 0.4) is 0 Å². The number of hydrogen-bond donors (Lipinski definition) is 2. The first kappa shape index (κ1) is 20.7. The van der Waals surface area contributed by atoms with Gasteiger partial charge in [0.25, 0.3) is 11.8 Å². The second-order valence-corrected chi connectivity index (χ2v) is 8.22. The Morgan fingerprint density at radius 1 is 1.25 bits per heavy atom. The summed E-state index contributed by atoms with van der Waals surface area (Å²) in [4.78, 5) is 29.5. The minimum atomic E-state index is -0.450. The average molecular weight is 575 g/mol. The highest BCUT2D eigenvalue weighted by molar-refractivity contribution is 14.1. The molecule has 2 heterocycles. The molecule has 0 aliphatic carbocycles. The van der Waals surface area contributed by atoms with Crippen LogP contribution in [0.2, 0.25) is 5.02 Å². The predicted molar refractivity (Wildman–Crippen MR) is 119 cm³/mol. The van der Waals surface area contributed by atoms with Crippen molar-refractivity contribution in [3.63, 3.8) is 0 Å². The Morgan fingerprint density at radius 3 is 2.68 bits per heavy atom. The summed E-state index contributed by atoms with van der Waals surface area (Å²) in [6, 6.07) is 8.50. The molecule has 0 saturated carbocycles. The van der Waals surface area contributed by atoms with Gasteiger partial charge in [0.15, 0.2) is 5.82 Å². The normalized spacial score (nSPS) is 10.6. The van der Waals surface area contributed by atoms with E-state index in [-0.39, 0.29) is 11.6 Å². The van der Waals surface area contributed by atoms with Crippen molar-refractivity contribution in [3.8, 4) is 5.82 Å². The maximum atomic E-state index is 13.0. The van der Waals surface area contributed by atoms with Crippen molar-refractivity contribution >= 4 is 67.6 Å². The van der Waals surface area contributed by atoms with Gasteiger partial charge in [0.1, 0.15) is 10.3 Å². The van der Waals surface area contributed by atoms with Gasteiger partial charge in [-0.2, -0.15) is 5.10 Å². The molecule has 0 radical (unpaired) electrons. The summed E-state index contributed by atoms with van der Waals surface area (Å²) in [6.45, 7) is 1.83. The fourth-order valence-corrected chi connectivity index (χ4v) is 3.96. The molecule has 10 heteroatoms. The number of halogens is 3. The first-order valence-corrected chi connectivity index (χ1v) is 10.3. The van der Waals surface area contributed by atoms with Crippen LogP contribution in [0.5, 0.6) is 0 Å². The van der Waals surface area contributed by atoms with Gasteiger partial charge in [0.2, 0.25) is 0 Å². The minimum absolute atomic E-state index is 0.216. The molecule has 3 aromatic rings. The second-order valence-electron chi connectivity index (χ2n) is 5.75. The first-order chi connectivity index (χ1) is 13.3. The molecule has 0 spiro atoms. The van der Waals surface area contributed by atoms with Crippen molar-refractivity contribution < 1.29 is 9.59 Å². The molecule has 0 aliphatic rings. The van der Waals surface area contributed by atoms with Gasteiger partial charge in [-0.1, -0.05) is 11.6 Å². The molecule has 0 aliphatic heterocycles.